The molecule has 0 radical (unpaired) electrons. The maximum absolute atomic E-state index is 11.9. The van der Waals surface area contributed by atoms with Crippen molar-refractivity contribution >= 4 is 11.6 Å². The lowest BCUT2D eigenvalue weighted by Crippen LogP contribution is -2.28. The van der Waals surface area contributed by atoms with Crippen LogP contribution in [0.5, 0.6) is 0 Å². The number of amides is 1. The summed E-state index contributed by atoms with van der Waals surface area (Å²) in [6.45, 7) is 13.2. The standard InChI is InChI=1S/C17H26N2O/c1-6-9-18-11-17(20)19-16-8-7-14(12(2)3)10-15(16)13(4)5/h6-8,10,12-13,18H,1,9,11H2,2-5H3,(H,19,20). The van der Waals surface area contributed by atoms with Crippen molar-refractivity contribution in [1.29, 1.82) is 0 Å². The van der Waals surface area contributed by atoms with Gasteiger partial charge in [-0.25, -0.2) is 0 Å². The van der Waals surface area contributed by atoms with Crippen molar-refractivity contribution in [3.05, 3.63) is 42.0 Å². The van der Waals surface area contributed by atoms with Crippen LogP contribution in [0.4, 0.5) is 5.69 Å². The lowest BCUT2D eigenvalue weighted by molar-refractivity contribution is -0.115. The summed E-state index contributed by atoms with van der Waals surface area (Å²) in [6.07, 6.45) is 1.74. The van der Waals surface area contributed by atoms with Crippen molar-refractivity contribution in [3.63, 3.8) is 0 Å². The van der Waals surface area contributed by atoms with Gasteiger partial charge in [0.05, 0.1) is 6.54 Å². The van der Waals surface area contributed by atoms with Crippen LogP contribution in [0.3, 0.4) is 0 Å². The monoisotopic (exact) mass is 274 g/mol. The van der Waals surface area contributed by atoms with Crippen LogP contribution in [0.2, 0.25) is 0 Å². The zero-order chi connectivity index (χ0) is 15.1. The first-order chi connectivity index (χ1) is 9.45. The van der Waals surface area contributed by atoms with E-state index in [1.165, 1.54) is 11.1 Å². The molecule has 110 valence electrons. The first-order valence-electron chi connectivity index (χ1n) is 7.21. The second-order valence-electron chi connectivity index (χ2n) is 5.62. The zero-order valence-electron chi connectivity index (χ0n) is 13.0. The molecule has 0 bridgehead atoms. The number of hydrogen-bond donors (Lipinski definition) is 2. The Kier molecular flexibility index (Phi) is 6.46. The summed E-state index contributed by atoms with van der Waals surface area (Å²) in [4.78, 5) is 11.9. The van der Waals surface area contributed by atoms with E-state index in [0.717, 1.165) is 5.69 Å². The number of benzene rings is 1. The van der Waals surface area contributed by atoms with Gasteiger partial charge in [-0.15, -0.1) is 6.58 Å². The highest BCUT2D eigenvalue weighted by molar-refractivity contribution is 5.93. The quantitative estimate of drug-likeness (QED) is 0.588. The van der Waals surface area contributed by atoms with Crippen LogP contribution in [0.15, 0.2) is 30.9 Å². The fourth-order valence-corrected chi connectivity index (χ4v) is 2.01. The summed E-state index contributed by atoms with van der Waals surface area (Å²) in [6, 6.07) is 6.29. The van der Waals surface area contributed by atoms with Crippen molar-refractivity contribution in [1.82, 2.24) is 5.32 Å². The SMILES string of the molecule is C=CCNCC(=O)Nc1ccc(C(C)C)cc1C(C)C. The Morgan fingerprint density at radius 2 is 1.95 bits per heavy atom. The number of carbonyl (C=O) groups is 1. The number of carbonyl (C=O) groups excluding carboxylic acids is 1. The summed E-state index contributed by atoms with van der Waals surface area (Å²) in [5.41, 5.74) is 3.40. The smallest absolute Gasteiger partial charge is 0.238 e. The molecule has 0 aliphatic heterocycles. The molecule has 0 aromatic heterocycles. The molecule has 0 unspecified atom stereocenters. The second kappa shape index (κ2) is 7.85. The van der Waals surface area contributed by atoms with Crippen LogP contribution in [0.1, 0.15) is 50.7 Å². The van der Waals surface area contributed by atoms with Gasteiger partial charge in [0, 0.05) is 12.2 Å². The van der Waals surface area contributed by atoms with Gasteiger partial charge in [0.1, 0.15) is 0 Å². The van der Waals surface area contributed by atoms with E-state index in [4.69, 9.17) is 0 Å². The first kappa shape index (κ1) is 16.4. The molecular formula is C17H26N2O. The average molecular weight is 274 g/mol. The van der Waals surface area contributed by atoms with Gasteiger partial charge in [-0.05, 0) is 29.0 Å². The predicted octanol–water partition coefficient (Wildman–Crippen LogP) is 3.65. The van der Waals surface area contributed by atoms with E-state index >= 15 is 0 Å². The highest BCUT2D eigenvalue weighted by Gasteiger charge is 2.11. The predicted molar refractivity (Wildman–Crippen MR) is 86.3 cm³/mol. The van der Waals surface area contributed by atoms with Gasteiger partial charge < -0.3 is 10.6 Å². The normalized spacial score (nSPS) is 10.9. The van der Waals surface area contributed by atoms with E-state index < -0.39 is 0 Å². The number of hydrogen-bond acceptors (Lipinski definition) is 2. The van der Waals surface area contributed by atoms with E-state index in [1.54, 1.807) is 6.08 Å². The highest BCUT2D eigenvalue weighted by atomic mass is 16.1. The molecule has 0 saturated carbocycles. The molecule has 1 rings (SSSR count). The Bertz CT molecular complexity index is 464. The van der Waals surface area contributed by atoms with Gasteiger partial charge in [0.15, 0.2) is 0 Å². The van der Waals surface area contributed by atoms with Gasteiger partial charge in [-0.3, -0.25) is 4.79 Å². The molecule has 1 aromatic carbocycles. The molecule has 3 nitrogen and oxygen atoms in total. The lowest BCUT2D eigenvalue weighted by atomic mass is 9.94. The minimum atomic E-state index is -0.0222. The van der Waals surface area contributed by atoms with Crippen molar-refractivity contribution < 1.29 is 4.79 Å². The molecule has 20 heavy (non-hydrogen) atoms. The van der Waals surface area contributed by atoms with Gasteiger partial charge in [-0.1, -0.05) is 45.9 Å². The largest absolute Gasteiger partial charge is 0.325 e. The van der Waals surface area contributed by atoms with E-state index in [2.05, 4.69) is 57.0 Å². The first-order valence-corrected chi connectivity index (χ1v) is 7.21. The molecule has 1 aromatic rings. The van der Waals surface area contributed by atoms with Crippen molar-refractivity contribution in [2.45, 2.75) is 39.5 Å². The second-order valence-corrected chi connectivity index (χ2v) is 5.62. The van der Waals surface area contributed by atoms with Crippen LogP contribution in [0, 0.1) is 0 Å². The van der Waals surface area contributed by atoms with Gasteiger partial charge in [0.25, 0.3) is 0 Å². The van der Waals surface area contributed by atoms with E-state index in [1.807, 2.05) is 6.07 Å². The zero-order valence-corrected chi connectivity index (χ0v) is 13.0. The summed E-state index contributed by atoms with van der Waals surface area (Å²) in [5, 5.41) is 5.98. The molecule has 0 aliphatic rings. The lowest BCUT2D eigenvalue weighted by Gasteiger charge is -2.17. The molecule has 3 heteroatoms. The Hall–Kier alpha value is -1.61. The molecule has 0 spiro atoms. The van der Waals surface area contributed by atoms with E-state index in [9.17, 15) is 4.79 Å². The molecule has 0 fully saturated rings. The molecular weight excluding hydrogens is 248 g/mol. The van der Waals surface area contributed by atoms with Crippen LogP contribution in [-0.4, -0.2) is 19.0 Å². The Balaban J connectivity index is 2.83. The number of rotatable bonds is 7. The van der Waals surface area contributed by atoms with Gasteiger partial charge >= 0.3 is 0 Å². The summed E-state index contributed by atoms with van der Waals surface area (Å²) < 4.78 is 0. The minimum absolute atomic E-state index is 0.0222. The third kappa shape index (κ3) is 4.82. The molecule has 0 heterocycles. The van der Waals surface area contributed by atoms with Gasteiger partial charge in [-0.2, -0.15) is 0 Å². The number of anilines is 1. The van der Waals surface area contributed by atoms with Crippen molar-refractivity contribution in [2.75, 3.05) is 18.4 Å². The van der Waals surface area contributed by atoms with Crippen LogP contribution in [-0.2, 0) is 4.79 Å². The molecule has 2 N–H and O–H groups in total. The van der Waals surface area contributed by atoms with Crippen LogP contribution >= 0.6 is 0 Å². The Morgan fingerprint density at radius 3 is 2.50 bits per heavy atom. The Morgan fingerprint density at radius 1 is 1.25 bits per heavy atom. The van der Waals surface area contributed by atoms with Crippen LogP contribution in [0.25, 0.3) is 0 Å². The third-order valence-electron chi connectivity index (χ3n) is 3.21. The number of nitrogens with one attached hydrogen (secondary N) is 2. The maximum Gasteiger partial charge on any atom is 0.238 e. The van der Waals surface area contributed by atoms with Crippen molar-refractivity contribution in [3.8, 4) is 0 Å². The maximum atomic E-state index is 11.9. The third-order valence-corrected chi connectivity index (χ3v) is 3.21. The van der Waals surface area contributed by atoms with Crippen LogP contribution < -0.4 is 10.6 Å². The summed E-state index contributed by atoms with van der Waals surface area (Å²) >= 11 is 0. The van der Waals surface area contributed by atoms with E-state index in [0.29, 0.717) is 24.9 Å². The van der Waals surface area contributed by atoms with Crippen molar-refractivity contribution in [2.24, 2.45) is 0 Å². The summed E-state index contributed by atoms with van der Waals surface area (Å²) in [5.74, 6) is 0.850. The Labute approximate surface area is 122 Å². The summed E-state index contributed by atoms with van der Waals surface area (Å²) in [7, 11) is 0. The van der Waals surface area contributed by atoms with Gasteiger partial charge in [0.2, 0.25) is 5.91 Å². The fourth-order valence-electron chi connectivity index (χ4n) is 2.01. The average Bonchev–Trinajstić information content (AvgIpc) is 2.38. The highest BCUT2D eigenvalue weighted by Crippen LogP contribution is 2.28. The topological polar surface area (TPSA) is 41.1 Å². The molecule has 0 saturated heterocycles. The fraction of sp³-hybridized carbons (Fsp3) is 0.471. The minimum Gasteiger partial charge on any atom is -0.325 e. The van der Waals surface area contributed by atoms with E-state index in [-0.39, 0.29) is 5.91 Å². The molecule has 0 atom stereocenters. The molecule has 0 aliphatic carbocycles. The molecule has 1 amide bonds.